The fourth-order valence-electron chi connectivity index (χ4n) is 2.25. The van der Waals surface area contributed by atoms with Gasteiger partial charge in [0.2, 0.25) is 17.7 Å². The Hall–Kier alpha value is -4.01. The zero-order valence-corrected chi connectivity index (χ0v) is 14.9. The molecule has 2 aromatic heterocycles. The van der Waals surface area contributed by atoms with Crippen molar-refractivity contribution in [3.05, 3.63) is 67.3 Å². The molecular formula is C19H17FN6O2. The maximum Gasteiger partial charge on any atom is 0.247 e. The minimum Gasteiger partial charge on any atom is -0.481 e. The van der Waals surface area contributed by atoms with Crippen molar-refractivity contribution in [1.82, 2.24) is 15.0 Å². The van der Waals surface area contributed by atoms with E-state index in [0.29, 0.717) is 22.9 Å². The molecule has 1 amide bonds. The van der Waals surface area contributed by atoms with Crippen LogP contribution in [0.4, 0.5) is 33.2 Å². The number of anilines is 5. The Morgan fingerprint density at radius 1 is 1.14 bits per heavy atom. The Labute approximate surface area is 160 Å². The number of carbonyl (C=O) groups is 1. The van der Waals surface area contributed by atoms with E-state index in [1.807, 2.05) is 0 Å². The second-order valence-electron chi connectivity index (χ2n) is 5.50. The average Bonchev–Trinajstić information content (AvgIpc) is 2.71. The Bertz CT molecular complexity index is 1010. The van der Waals surface area contributed by atoms with Crippen molar-refractivity contribution in [2.45, 2.75) is 0 Å². The number of pyridine rings is 1. The first-order valence-electron chi connectivity index (χ1n) is 8.17. The van der Waals surface area contributed by atoms with Gasteiger partial charge in [-0.25, -0.2) is 14.4 Å². The van der Waals surface area contributed by atoms with Crippen LogP contribution in [0, 0.1) is 5.82 Å². The fourth-order valence-corrected chi connectivity index (χ4v) is 2.25. The number of hydrogen-bond donors (Lipinski definition) is 3. The van der Waals surface area contributed by atoms with E-state index in [4.69, 9.17) is 4.74 Å². The van der Waals surface area contributed by atoms with Crippen LogP contribution in [0.3, 0.4) is 0 Å². The molecule has 3 aromatic rings. The van der Waals surface area contributed by atoms with Gasteiger partial charge in [-0.1, -0.05) is 12.6 Å². The summed E-state index contributed by atoms with van der Waals surface area (Å²) in [4.78, 5) is 23.5. The summed E-state index contributed by atoms with van der Waals surface area (Å²) in [5.41, 5.74) is 1.71. The molecule has 0 aliphatic heterocycles. The molecule has 9 heteroatoms. The number of ether oxygens (including phenoxy) is 1. The van der Waals surface area contributed by atoms with Crippen molar-refractivity contribution >= 4 is 34.7 Å². The smallest absolute Gasteiger partial charge is 0.247 e. The van der Waals surface area contributed by atoms with Crippen LogP contribution < -0.4 is 20.7 Å². The van der Waals surface area contributed by atoms with Crippen LogP contribution >= 0.6 is 0 Å². The van der Waals surface area contributed by atoms with Crippen LogP contribution in [0.5, 0.6) is 5.88 Å². The SMILES string of the molecule is C=CC(=O)Nc1cccc(Nc2nc(Nc3ccnc(OC)c3)ncc2F)c1. The monoisotopic (exact) mass is 380 g/mol. The number of benzene rings is 1. The van der Waals surface area contributed by atoms with Crippen LogP contribution in [-0.4, -0.2) is 28.0 Å². The van der Waals surface area contributed by atoms with Crippen molar-refractivity contribution in [2.75, 3.05) is 23.1 Å². The first-order valence-corrected chi connectivity index (χ1v) is 8.17. The van der Waals surface area contributed by atoms with Gasteiger partial charge in [-0.2, -0.15) is 4.98 Å². The second-order valence-corrected chi connectivity index (χ2v) is 5.50. The summed E-state index contributed by atoms with van der Waals surface area (Å²) in [5, 5.41) is 8.47. The predicted molar refractivity (Wildman–Crippen MR) is 105 cm³/mol. The van der Waals surface area contributed by atoms with E-state index in [1.165, 1.54) is 7.11 Å². The van der Waals surface area contributed by atoms with Crippen LogP contribution in [-0.2, 0) is 4.79 Å². The molecular weight excluding hydrogens is 363 g/mol. The number of amides is 1. The zero-order chi connectivity index (χ0) is 19.9. The fraction of sp³-hybridized carbons (Fsp3) is 0.0526. The molecule has 0 aliphatic carbocycles. The first-order chi connectivity index (χ1) is 13.6. The van der Waals surface area contributed by atoms with E-state index in [0.717, 1.165) is 12.3 Å². The Balaban J connectivity index is 1.79. The molecule has 0 spiro atoms. The van der Waals surface area contributed by atoms with Gasteiger partial charge in [0.25, 0.3) is 0 Å². The molecule has 8 nitrogen and oxygen atoms in total. The number of aromatic nitrogens is 3. The van der Waals surface area contributed by atoms with Gasteiger partial charge in [0.1, 0.15) is 0 Å². The summed E-state index contributed by atoms with van der Waals surface area (Å²) < 4.78 is 19.2. The van der Waals surface area contributed by atoms with Crippen LogP contribution in [0.2, 0.25) is 0 Å². The van der Waals surface area contributed by atoms with Crippen molar-refractivity contribution in [1.29, 1.82) is 0 Å². The molecule has 0 saturated heterocycles. The Morgan fingerprint density at radius 3 is 2.71 bits per heavy atom. The third-order valence-electron chi connectivity index (χ3n) is 3.52. The highest BCUT2D eigenvalue weighted by molar-refractivity contribution is 5.99. The highest BCUT2D eigenvalue weighted by Crippen LogP contribution is 2.23. The molecule has 0 saturated carbocycles. The van der Waals surface area contributed by atoms with Crippen molar-refractivity contribution < 1.29 is 13.9 Å². The lowest BCUT2D eigenvalue weighted by atomic mass is 10.2. The molecule has 1 aromatic carbocycles. The number of halogens is 1. The number of nitrogens with one attached hydrogen (secondary N) is 3. The summed E-state index contributed by atoms with van der Waals surface area (Å²) in [5.74, 6) is -0.383. The lowest BCUT2D eigenvalue weighted by Crippen LogP contribution is -2.07. The van der Waals surface area contributed by atoms with E-state index in [9.17, 15) is 9.18 Å². The van der Waals surface area contributed by atoms with E-state index in [1.54, 1.807) is 42.6 Å². The lowest BCUT2D eigenvalue weighted by Gasteiger charge is -2.11. The maximum absolute atomic E-state index is 14.1. The van der Waals surface area contributed by atoms with Gasteiger partial charge in [-0.3, -0.25) is 4.79 Å². The molecule has 3 N–H and O–H groups in total. The summed E-state index contributed by atoms with van der Waals surface area (Å²) in [6.07, 6.45) is 3.78. The zero-order valence-electron chi connectivity index (χ0n) is 14.9. The second kappa shape index (κ2) is 8.58. The molecule has 2 heterocycles. The highest BCUT2D eigenvalue weighted by atomic mass is 19.1. The van der Waals surface area contributed by atoms with E-state index < -0.39 is 5.82 Å². The van der Waals surface area contributed by atoms with Gasteiger partial charge in [-0.15, -0.1) is 0 Å². The number of methoxy groups -OCH3 is 1. The van der Waals surface area contributed by atoms with Crippen LogP contribution in [0.1, 0.15) is 0 Å². The molecule has 0 aliphatic rings. The van der Waals surface area contributed by atoms with E-state index in [-0.39, 0.29) is 17.7 Å². The van der Waals surface area contributed by atoms with Crippen molar-refractivity contribution in [2.24, 2.45) is 0 Å². The van der Waals surface area contributed by atoms with Gasteiger partial charge < -0.3 is 20.7 Å². The minimum atomic E-state index is -0.626. The Kier molecular flexibility index (Phi) is 5.75. The molecule has 28 heavy (non-hydrogen) atoms. The van der Waals surface area contributed by atoms with E-state index in [2.05, 4.69) is 37.5 Å². The number of hydrogen-bond acceptors (Lipinski definition) is 7. The predicted octanol–water partition coefficient (Wildman–Crippen LogP) is 3.63. The first kappa shape index (κ1) is 18.8. The summed E-state index contributed by atoms with van der Waals surface area (Å²) in [6.45, 7) is 3.40. The minimum absolute atomic E-state index is 0.0225. The summed E-state index contributed by atoms with van der Waals surface area (Å²) in [6, 6.07) is 10.1. The maximum atomic E-state index is 14.1. The largest absolute Gasteiger partial charge is 0.481 e. The average molecular weight is 380 g/mol. The molecule has 0 atom stereocenters. The van der Waals surface area contributed by atoms with Gasteiger partial charge >= 0.3 is 0 Å². The summed E-state index contributed by atoms with van der Waals surface area (Å²) in [7, 11) is 1.51. The molecule has 142 valence electrons. The Morgan fingerprint density at radius 2 is 1.93 bits per heavy atom. The normalized spacial score (nSPS) is 10.1. The van der Waals surface area contributed by atoms with Gasteiger partial charge in [0.05, 0.1) is 13.3 Å². The quantitative estimate of drug-likeness (QED) is 0.538. The topological polar surface area (TPSA) is 101 Å². The molecule has 3 rings (SSSR count). The van der Waals surface area contributed by atoms with Gasteiger partial charge in [0.15, 0.2) is 11.6 Å². The van der Waals surface area contributed by atoms with E-state index >= 15 is 0 Å². The highest BCUT2D eigenvalue weighted by Gasteiger charge is 2.09. The van der Waals surface area contributed by atoms with Crippen molar-refractivity contribution in [3.63, 3.8) is 0 Å². The van der Waals surface area contributed by atoms with Crippen LogP contribution in [0.25, 0.3) is 0 Å². The van der Waals surface area contributed by atoms with Crippen molar-refractivity contribution in [3.8, 4) is 5.88 Å². The lowest BCUT2D eigenvalue weighted by molar-refractivity contribution is -0.111. The number of nitrogens with zero attached hydrogens (tertiary/aromatic N) is 3. The third-order valence-corrected chi connectivity index (χ3v) is 3.52. The standard InChI is InChI=1S/C19H17FN6O2/c1-3-16(27)23-12-5-4-6-13(9-12)24-18-15(20)11-22-19(26-18)25-14-7-8-21-17(10-14)28-2/h3-11H,1H2,2H3,(H,23,27)(H2,21,22,24,25,26). The number of rotatable bonds is 7. The number of carbonyl (C=O) groups excluding carboxylic acids is 1. The third kappa shape index (κ3) is 4.79. The summed E-state index contributed by atoms with van der Waals surface area (Å²) >= 11 is 0. The van der Waals surface area contributed by atoms with Gasteiger partial charge in [0, 0.05) is 29.3 Å². The molecule has 0 fully saturated rings. The molecule has 0 unspecified atom stereocenters. The molecule has 0 bridgehead atoms. The molecule has 0 radical (unpaired) electrons. The van der Waals surface area contributed by atoms with Gasteiger partial charge in [-0.05, 0) is 30.3 Å². The van der Waals surface area contributed by atoms with Crippen LogP contribution in [0.15, 0.2) is 61.4 Å².